The van der Waals surface area contributed by atoms with E-state index in [1.165, 1.54) is 0 Å². The first-order chi connectivity index (χ1) is 8.24. The zero-order chi connectivity index (χ0) is 13.6. The van der Waals surface area contributed by atoms with Gasteiger partial charge in [0.1, 0.15) is 18.3 Å². The molecule has 0 unspecified atom stereocenters. The van der Waals surface area contributed by atoms with Crippen molar-refractivity contribution in [2.45, 2.75) is 63.7 Å². The third-order valence-corrected chi connectivity index (χ3v) is 3.00. The predicted molar refractivity (Wildman–Crippen MR) is 60.3 cm³/mol. The Bertz CT molecular complexity index is 362. The van der Waals surface area contributed by atoms with Crippen LogP contribution in [-0.2, 0) is 18.9 Å². The smallest absolute Gasteiger partial charge is 0.169 e. The molecule has 2 fully saturated rings. The van der Waals surface area contributed by atoms with E-state index in [0.29, 0.717) is 6.61 Å². The van der Waals surface area contributed by atoms with Crippen LogP contribution in [0.25, 0.3) is 0 Å². The van der Waals surface area contributed by atoms with E-state index in [9.17, 15) is 5.11 Å². The molecular formula is C12H19NO5. The minimum atomic E-state index is -1.25. The Hall–Kier alpha value is -0.710. The van der Waals surface area contributed by atoms with Gasteiger partial charge in [-0.05, 0) is 27.7 Å². The van der Waals surface area contributed by atoms with Crippen LogP contribution >= 0.6 is 0 Å². The fraction of sp³-hybridized carbons (Fsp3) is 0.917. The van der Waals surface area contributed by atoms with Gasteiger partial charge in [0.2, 0.25) is 0 Å². The molecule has 2 aliphatic heterocycles. The summed E-state index contributed by atoms with van der Waals surface area (Å²) in [6.07, 6.45) is -2.84. The van der Waals surface area contributed by atoms with Crippen molar-refractivity contribution >= 4 is 0 Å². The van der Waals surface area contributed by atoms with Crippen molar-refractivity contribution < 1.29 is 24.1 Å². The highest BCUT2D eigenvalue weighted by Gasteiger charge is 2.52. The van der Waals surface area contributed by atoms with E-state index < -0.39 is 29.9 Å². The summed E-state index contributed by atoms with van der Waals surface area (Å²) >= 11 is 0. The third-order valence-electron chi connectivity index (χ3n) is 3.00. The summed E-state index contributed by atoms with van der Waals surface area (Å²) < 4.78 is 22.5. The van der Waals surface area contributed by atoms with Crippen molar-refractivity contribution in [3.05, 3.63) is 0 Å². The van der Waals surface area contributed by atoms with E-state index in [1.54, 1.807) is 19.9 Å². The predicted octanol–water partition coefficient (Wildman–Crippen LogP) is 0.542. The molecule has 0 saturated carbocycles. The molecule has 18 heavy (non-hydrogen) atoms. The lowest BCUT2D eigenvalue weighted by Crippen LogP contribution is -2.43. The van der Waals surface area contributed by atoms with Gasteiger partial charge >= 0.3 is 0 Å². The van der Waals surface area contributed by atoms with Gasteiger partial charge in [0.05, 0.1) is 12.7 Å². The van der Waals surface area contributed by atoms with Crippen LogP contribution in [0.2, 0.25) is 0 Å². The number of nitrogens with zero attached hydrogens (tertiary/aromatic N) is 1. The largest absolute Gasteiger partial charge is 0.375 e. The highest BCUT2D eigenvalue weighted by molar-refractivity contribution is 5.00. The van der Waals surface area contributed by atoms with Crippen molar-refractivity contribution in [2.75, 3.05) is 6.61 Å². The van der Waals surface area contributed by atoms with Gasteiger partial charge in [-0.1, -0.05) is 0 Å². The van der Waals surface area contributed by atoms with Crippen LogP contribution in [0.4, 0.5) is 0 Å². The molecule has 4 atom stereocenters. The van der Waals surface area contributed by atoms with E-state index in [0.717, 1.165) is 0 Å². The lowest BCUT2D eigenvalue weighted by molar-refractivity contribution is -0.175. The van der Waals surface area contributed by atoms with Gasteiger partial charge in [0.15, 0.2) is 17.7 Å². The van der Waals surface area contributed by atoms with E-state index in [1.807, 2.05) is 13.8 Å². The Morgan fingerprint density at radius 3 is 2.33 bits per heavy atom. The second kappa shape index (κ2) is 4.44. The molecule has 0 aromatic rings. The SMILES string of the molecule is CC1(C)O[C@H]([C@@H](O)C#N)[C@@H]([C@H]2COC(C)(C)O2)O1. The molecule has 2 rings (SSSR count). The summed E-state index contributed by atoms with van der Waals surface area (Å²) in [5.74, 6) is -1.52. The average molecular weight is 257 g/mol. The Balaban J connectivity index is 2.13. The van der Waals surface area contributed by atoms with Crippen molar-refractivity contribution in [1.82, 2.24) is 0 Å². The number of nitriles is 1. The monoisotopic (exact) mass is 257 g/mol. The molecule has 2 saturated heterocycles. The molecule has 0 radical (unpaired) electrons. The standard InChI is InChI=1S/C12H19NO5/c1-11(2)15-6-8(16-11)10-9(7(14)5-13)17-12(3,4)18-10/h7-10,14H,6H2,1-4H3/t7-,8+,9+,10+/m0/s1. The molecule has 0 aromatic carbocycles. The molecule has 2 aliphatic rings. The Morgan fingerprint density at radius 1 is 1.17 bits per heavy atom. The van der Waals surface area contributed by atoms with Gasteiger partial charge in [-0.2, -0.15) is 5.26 Å². The van der Waals surface area contributed by atoms with Gasteiger partial charge in [-0.3, -0.25) is 0 Å². The van der Waals surface area contributed by atoms with Gasteiger partial charge in [-0.25, -0.2) is 0 Å². The third kappa shape index (κ3) is 2.66. The Labute approximate surface area is 106 Å². The minimum absolute atomic E-state index is 0.352. The van der Waals surface area contributed by atoms with Crippen LogP contribution in [0, 0.1) is 11.3 Å². The van der Waals surface area contributed by atoms with Crippen molar-refractivity contribution in [2.24, 2.45) is 0 Å². The maximum absolute atomic E-state index is 9.69. The second-order valence-electron chi connectivity index (χ2n) is 5.51. The number of hydrogen-bond donors (Lipinski definition) is 1. The van der Waals surface area contributed by atoms with Gasteiger partial charge < -0.3 is 24.1 Å². The highest BCUT2D eigenvalue weighted by Crippen LogP contribution is 2.36. The Morgan fingerprint density at radius 2 is 1.83 bits per heavy atom. The maximum Gasteiger partial charge on any atom is 0.169 e. The van der Waals surface area contributed by atoms with Gasteiger partial charge in [0.25, 0.3) is 0 Å². The van der Waals surface area contributed by atoms with Crippen LogP contribution in [0.3, 0.4) is 0 Å². The summed E-state index contributed by atoms with van der Waals surface area (Å²) in [7, 11) is 0. The van der Waals surface area contributed by atoms with Crippen molar-refractivity contribution in [1.29, 1.82) is 5.26 Å². The van der Waals surface area contributed by atoms with Gasteiger partial charge in [-0.15, -0.1) is 0 Å². The summed E-state index contributed by atoms with van der Waals surface area (Å²) in [6, 6.07) is 1.77. The van der Waals surface area contributed by atoms with Crippen LogP contribution in [0.1, 0.15) is 27.7 Å². The molecule has 0 amide bonds. The average Bonchev–Trinajstić information content (AvgIpc) is 2.77. The molecule has 102 valence electrons. The first kappa shape index (κ1) is 13.7. The molecule has 0 aliphatic carbocycles. The molecule has 6 heteroatoms. The van der Waals surface area contributed by atoms with E-state index in [4.69, 9.17) is 24.2 Å². The second-order valence-corrected chi connectivity index (χ2v) is 5.51. The first-order valence-corrected chi connectivity index (χ1v) is 5.99. The summed E-state index contributed by atoms with van der Waals surface area (Å²) in [5, 5.41) is 18.5. The molecular weight excluding hydrogens is 238 g/mol. The van der Waals surface area contributed by atoms with Crippen molar-refractivity contribution in [3.8, 4) is 6.07 Å². The van der Waals surface area contributed by atoms with Crippen LogP contribution < -0.4 is 0 Å². The lowest BCUT2D eigenvalue weighted by Gasteiger charge is -2.24. The number of ether oxygens (including phenoxy) is 4. The fourth-order valence-corrected chi connectivity index (χ4v) is 2.30. The van der Waals surface area contributed by atoms with E-state index in [-0.39, 0.29) is 6.10 Å². The van der Waals surface area contributed by atoms with E-state index >= 15 is 0 Å². The molecule has 6 nitrogen and oxygen atoms in total. The molecule has 0 aromatic heterocycles. The number of aliphatic hydroxyl groups excluding tert-OH is 1. The van der Waals surface area contributed by atoms with Crippen LogP contribution in [-0.4, -0.2) is 47.7 Å². The zero-order valence-electron chi connectivity index (χ0n) is 11.0. The van der Waals surface area contributed by atoms with Crippen molar-refractivity contribution in [3.63, 3.8) is 0 Å². The Kier molecular flexibility index (Phi) is 3.38. The number of aliphatic hydroxyl groups is 1. The quantitative estimate of drug-likeness (QED) is 0.727. The molecule has 0 spiro atoms. The summed E-state index contributed by atoms with van der Waals surface area (Å²) in [6.45, 7) is 7.45. The number of rotatable bonds is 2. The number of hydrogen-bond acceptors (Lipinski definition) is 6. The maximum atomic E-state index is 9.69. The molecule has 1 N–H and O–H groups in total. The van der Waals surface area contributed by atoms with Gasteiger partial charge in [0, 0.05) is 0 Å². The van der Waals surface area contributed by atoms with Crippen LogP contribution in [0.15, 0.2) is 0 Å². The molecule has 0 bridgehead atoms. The normalized spacial score (nSPS) is 39.4. The summed E-state index contributed by atoms with van der Waals surface area (Å²) in [4.78, 5) is 0. The zero-order valence-corrected chi connectivity index (χ0v) is 11.0. The first-order valence-electron chi connectivity index (χ1n) is 5.99. The topological polar surface area (TPSA) is 80.9 Å². The highest BCUT2D eigenvalue weighted by atomic mass is 16.8. The lowest BCUT2D eigenvalue weighted by atomic mass is 10.0. The molecule has 2 heterocycles. The summed E-state index contributed by atoms with van der Waals surface area (Å²) in [5.41, 5.74) is 0. The van der Waals surface area contributed by atoms with Crippen LogP contribution in [0.5, 0.6) is 0 Å². The van der Waals surface area contributed by atoms with E-state index in [2.05, 4.69) is 0 Å². The fourth-order valence-electron chi connectivity index (χ4n) is 2.30. The minimum Gasteiger partial charge on any atom is -0.375 e.